The highest BCUT2D eigenvalue weighted by Gasteiger charge is 2.16. The van der Waals surface area contributed by atoms with Crippen molar-refractivity contribution < 1.29 is 4.79 Å². The van der Waals surface area contributed by atoms with Crippen molar-refractivity contribution >= 4 is 5.91 Å². The Morgan fingerprint density at radius 2 is 2.22 bits per heavy atom. The third-order valence-electron chi connectivity index (χ3n) is 2.95. The number of nitroso groups, excluding NO2 is 1. The molecule has 0 aliphatic rings. The van der Waals surface area contributed by atoms with E-state index in [4.69, 9.17) is 0 Å². The largest absolute Gasteiger partial charge is 0.344 e. The summed E-state index contributed by atoms with van der Waals surface area (Å²) in [4.78, 5) is 25.7. The third kappa shape index (κ3) is 2.20. The van der Waals surface area contributed by atoms with Gasteiger partial charge in [0.05, 0.1) is 5.56 Å². The van der Waals surface area contributed by atoms with Gasteiger partial charge in [0, 0.05) is 35.5 Å². The van der Waals surface area contributed by atoms with Crippen LogP contribution in [0.1, 0.15) is 27.3 Å². The Morgan fingerprint density at radius 3 is 2.83 bits per heavy atom. The molecule has 18 heavy (non-hydrogen) atoms. The topological polar surface area (TPSA) is 64.3 Å². The average Bonchev–Trinajstić information content (AvgIpc) is 2.67. The minimum absolute atomic E-state index is 0.367. The molecule has 2 aromatic rings. The van der Waals surface area contributed by atoms with Crippen LogP contribution in [0.3, 0.4) is 0 Å². The van der Waals surface area contributed by atoms with Crippen molar-refractivity contribution in [3.05, 3.63) is 58.0 Å². The van der Waals surface area contributed by atoms with Crippen molar-refractivity contribution in [3.63, 3.8) is 0 Å². The van der Waals surface area contributed by atoms with Gasteiger partial charge in [-0.15, -0.1) is 4.91 Å². The SMILES string of the molecule is Cc1cc(C(=O)N=O)c(C)n1Cc1cccnc1. The van der Waals surface area contributed by atoms with Gasteiger partial charge in [0.15, 0.2) is 0 Å². The summed E-state index contributed by atoms with van der Waals surface area (Å²) in [5.41, 5.74) is 3.08. The predicted molar refractivity (Wildman–Crippen MR) is 67.4 cm³/mol. The molecule has 0 bridgehead atoms. The van der Waals surface area contributed by atoms with E-state index in [0.717, 1.165) is 17.0 Å². The quantitative estimate of drug-likeness (QED) is 0.778. The molecule has 0 radical (unpaired) electrons. The van der Waals surface area contributed by atoms with Crippen molar-refractivity contribution in [3.8, 4) is 0 Å². The molecule has 0 aliphatic carbocycles. The van der Waals surface area contributed by atoms with E-state index >= 15 is 0 Å². The number of carbonyl (C=O) groups excluding carboxylic acids is 1. The first-order chi connectivity index (χ1) is 8.63. The molecular formula is C13H13N3O2. The van der Waals surface area contributed by atoms with Gasteiger partial charge in [-0.2, -0.15) is 0 Å². The van der Waals surface area contributed by atoms with Crippen LogP contribution in [0.2, 0.25) is 0 Å². The van der Waals surface area contributed by atoms with E-state index in [0.29, 0.717) is 12.1 Å². The zero-order valence-electron chi connectivity index (χ0n) is 10.3. The second-order valence-corrected chi connectivity index (χ2v) is 4.13. The lowest BCUT2D eigenvalue weighted by atomic mass is 10.2. The van der Waals surface area contributed by atoms with Crippen molar-refractivity contribution in [1.29, 1.82) is 0 Å². The Bertz CT molecular complexity index is 588. The van der Waals surface area contributed by atoms with Gasteiger partial charge in [-0.3, -0.25) is 9.78 Å². The number of nitrogens with zero attached hydrogens (tertiary/aromatic N) is 3. The van der Waals surface area contributed by atoms with E-state index in [1.54, 1.807) is 18.5 Å². The number of aromatic nitrogens is 2. The summed E-state index contributed by atoms with van der Waals surface area (Å²) >= 11 is 0. The molecule has 0 saturated carbocycles. The number of aryl methyl sites for hydroxylation is 1. The fourth-order valence-electron chi connectivity index (χ4n) is 1.98. The number of rotatable bonds is 3. The van der Waals surface area contributed by atoms with Gasteiger partial charge >= 0.3 is 5.91 Å². The molecule has 92 valence electrons. The number of amides is 1. The summed E-state index contributed by atoms with van der Waals surface area (Å²) in [5, 5.41) is 2.47. The van der Waals surface area contributed by atoms with E-state index in [1.807, 2.05) is 30.5 Å². The summed E-state index contributed by atoms with van der Waals surface area (Å²) < 4.78 is 1.97. The lowest BCUT2D eigenvalue weighted by Crippen LogP contribution is -2.05. The van der Waals surface area contributed by atoms with Crippen LogP contribution in [0.4, 0.5) is 0 Å². The lowest BCUT2D eigenvalue weighted by Gasteiger charge is -2.09. The van der Waals surface area contributed by atoms with Crippen LogP contribution in [0.15, 0.2) is 35.8 Å². The maximum Gasteiger partial charge on any atom is 0.318 e. The summed E-state index contributed by atoms with van der Waals surface area (Å²) in [5.74, 6) is -0.722. The first kappa shape index (κ1) is 12.2. The highest BCUT2D eigenvalue weighted by molar-refractivity contribution is 5.96. The Hall–Kier alpha value is -2.30. The molecular weight excluding hydrogens is 230 g/mol. The first-order valence-electron chi connectivity index (χ1n) is 5.57. The summed E-state index contributed by atoms with van der Waals surface area (Å²) in [6, 6.07) is 5.52. The number of hydrogen-bond acceptors (Lipinski definition) is 3. The summed E-state index contributed by atoms with van der Waals surface area (Å²) in [6.07, 6.45) is 3.49. The van der Waals surface area contributed by atoms with E-state index in [9.17, 15) is 9.70 Å². The molecule has 0 N–H and O–H groups in total. The van der Waals surface area contributed by atoms with E-state index in [-0.39, 0.29) is 0 Å². The van der Waals surface area contributed by atoms with Crippen LogP contribution in [-0.4, -0.2) is 15.5 Å². The molecule has 1 amide bonds. The Kier molecular flexibility index (Phi) is 3.32. The smallest absolute Gasteiger partial charge is 0.318 e. The molecule has 0 unspecified atom stereocenters. The maximum absolute atomic E-state index is 11.3. The van der Waals surface area contributed by atoms with Gasteiger partial charge in [0.25, 0.3) is 0 Å². The van der Waals surface area contributed by atoms with Gasteiger partial charge in [0.2, 0.25) is 0 Å². The average molecular weight is 243 g/mol. The van der Waals surface area contributed by atoms with Crippen molar-refractivity contribution in [1.82, 2.24) is 9.55 Å². The fraction of sp³-hybridized carbons (Fsp3) is 0.231. The van der Waals surface area contributed by atoms with Crippen LogP contribution in [-0.2, 0) is 6.54 Å². The zero-order valence-corrected chi connectivity index (χ0v) is 10.3. The molecule has 0 atom stereocenters. The minimum Gasteiger partial charge on any atom is -0.344 e. The summed E-state index contributed by atoms with van der Waals surface area (Å²) in [7, 11) is 0. The number of hydrogen-bond donors (Lipinski definition) is 0. The molecule has 5 heteroatoms. The second-order valence-electron chi connectivity index (χ2n) is 4.13. The van der Waals surface area contributed by atoms with Gasteiger partial charge in [-0.05, 0) is 31.5 Å². The van der Waals surface area contributed by atoms with Crippen LogP contribution < -0.4 is 0 Å². The number of carbonyl (C=O) groups is 1. The predicted octanol–water partition coefficient (Wildman–Crippen LogP) is 2.45. The van der Waals surface area contributed by atoms with Gasteiger partial charge in [0.1, 0.15) is 0 Å². The molecule has 0 aromatic carbocycles. The summed E-state index contributed by atoms with van der Waals surface area (Å²) in [6.45, 7) is 4.32. The highest BCUT2D eigenvalue weighted by atomic mass is 16.3. The second kappa shape index (κ2) is 4.91. The molecule has 0 fully saturated rings. The highest BCUT2D eigenvalue weighted by Crippen LogP contribution is 2.17. The Labute approximate surface area is 104 Å². The molecule has 2 aromatic heterocycles. The van der Waals surface area contributed by atoms with Crippen molar-refractivity contribution in [2.75, 3.05) is 0 Å². The van der Waals surface area contributed by atoms with Crippen LogP contribution in [0.5, 0.6) is 0 Å². The Morgan fingerprint density at radius 1 is 1.44 bits per heavy atom. The fourth-order valence-corrected chi connectivity index (χ4v) is 1.98. The van der Waals surface area contributed by atoms with Gasteiger partial charge in [-0.1, -0.05) is 6.07 Å². The van der Waals surface area contributed by atoms with Crippen molar-refractivity contribution in [2.24, 2.45) is 5.18 Å². The first-order valence-corrected chi connectivity index (χ1v) is 5.57. The monoisotopic (exact) mass is 243 g/mol. The molecule has 2 rings (SSSR count). The molecule has 0 saturated heterocycles. The van der Waals surface area contributed by atoms with Crippen LogP contribution >= 0.6 is 0 Å². The van der Waals surface area contributed by atoms with Gasteiger partial charge < -0.3 is 4.57 Å². The maximum atomic E-state index is 11.3. The molecule has 2 heterocycles. The zero-order chi connectivity index (χ0) is 13.1. The van der Waals surface area contributed by atoms with Crippen LogP contribution in [0, 0.1) is 18.8 Å². The minimum atomic E-state index is -0.722. The van der Waals surface area contributed by atoms with E-state index in [2.05, 4.69) is 10.2 Å². The normalized spacial score (nSPS) is 10.3. The lowest BCUT2D eigenvalue weighted by molar-refractivity contribution is 0.1000. The van der Waals surface area contributed by atoms with Gasteiger partial charge in [-0.25, -0.2) is 0 Å². The van der Waals surface area contributed by atoms with E-state index < -0.39 is 5.91 Å². The Balaban J connectivity index is 2.37. The molecule has 0 aliphatic heterocycles. The van der Waals surface area contributed by atoms with Crippen molar-refractivity contribution in [2.45, 2.75) is 20.4 Å². The van der Waals surface area contributed by atoms with E-state index in [1.165, 1.54) is 0 Å². The number of pyridine rings is 1. The molecule has 5 nitrogen and oxygen atoms in total. The standard InChI is InChI=1S/C13H13N3O2/c1-9-6-12(13(17)15-18)10(2)16(9)8-11-4-3-5-14-7-11/h3-7H,8H2,1-2H3. The molecule has 0 spiro atoms. The third-order valence-corrected chi connectivity index (χ3v) is 2.95. The van der Waals surface area contributed by atoms with Crippen LogP contribution in [0.25, 0.3) is 0 Å².